The van der Waals surface area contributed by atoms with Gasteiger partial charge in [-0.2, -0.15) is 0 Å². The standard InChI is InChI=1S/C18H36N4O/c1-6-23-10-9-18(7-8-18)13-20-17(19-5)21-16-12-22(14(2)3)11-15(16)4/h14-16H,6-13H2,1-5H3,(H2,19,20,21). The molecule has 5 nitrogen and oxygen atoms in total. The van der Waals surface area contributed by atoms with Gasteiger partial charge < -0.3 is 15.4 Å². The lowest BCUT2D eigenvalue weighted by molar-refractivity contribution is 0.128. The third kappa shape index (κ3) is 5.35. The fraction of sp³-hybridized carbons (Fsp3) is 0.944. The average Bonchev–Trinajstić information content (AvgIpc) is 3.19. The molecule has 5 heteroatoms. The molecule has 2 rings (SSSR count). The maximum atomic E-state index is 5.52. The van der Waals surface area contributed by atoms with Crippen LogP contribution in [-0.2, 0) is 4.74 Å². The summed E-state index contributed by atoms with van der Waals surface area (Å²) in [6.45, 7) is 13.9. The third-order valence-electron chi connectivity index (χ3n) is 5.49. The minimum Gasteiger partial charge on any atom is -0.382 e. The van der Waals surface area contributed by atoms with Gasteiger partial charge in [0.15, 0.2) is 5.96 Å². The van der Waals surface area contributed by atoms with E-state index in [1.165, 1.54) is 19.4 Å². The molecule has 1 aliphatic heterocycles. The zero-order valence-corrected chi connectivity index (χ0v) is 15.7. The van der Waals surface area contributed by atoms with Crippen LogP contribution in [-0.4, -0.2) is 62.8 Å². The van der Waals surface area contributed by atoms with Crippen molar-refractivity contribution in [3.63, 3.8) is 0 Å². The van der Waals surface area contributed by atoms with Crippen molar-refractivity contribution in [3.8, 4) is 0 Å². The maximum absolute atomic E-state index is 5.52. The molecule has 0 radical (unpaired) electrons. The van der Waals surface area contributed by atoms with Crippen molar-refractivity contribution in [2.24, 2.45) is 16.3 Å². The van der Waals surface area contributed by atoms with E-state index in [0.717, 1.165) is 38.7 Å². The first-order valence-corrected chi connectivity index (χ1v) is 9.28. The number of guanidine groups is 1. The van der Waals surface area contributed by atoms with E-state index in [0.29, 0.717) is 23.4 Å². The number of hydrogen-bond acceptors (Lipinski definition) is 3. The second-order valence-corrected chi connectivity index (χ2v) is 7.65. The highest BCUT2D eigenvalue weighted by molar-refractivity contribution is 5.80. The van der Waals surface area contributed by atoms with Gasteiger partial charge in [0.05, 0.1) is 0 Å². The van der Waals surface area contributed by atoms with Crippen LogP contribution in [0.25, 0.3) is 0 Å². The lowest BCUT2D eigenvalue weighted by Gasteiger charge is -2.23. The maximum Gasteiger partial charge on any atom is 0.191 e. The van der Waals surface area contributed by atoms with Gasteiger partial charge in [0.2, 0.25) is 0 Å². The van der Waals surface area contributed by atoms with Crippen molar-refractivity contribution in [2.75, 3.05) is 39.9 Å². The minimum atomic E-state index is 0.443. The van der Waals surface area contributed by atoms with E-state index in [-0.39, 0.29) is 0 Å². The first-order valence-electron chi connectivity index (χ1n) is 9.28. The Balaban J connectivity index is 1.76. The Hall–Kier alpha value is -0.810. The summed E-state index contributed by atoms with van der Waals surface area (Å²) >= 11 is 0. The quantitative estimate of drug-likeness (QED) is 0.408. The summed E-state index contributed by atoms with van der Waals surface area (Å²) < 4.78 is 5.52. The summed E-state index contributed by atoms with van der Waals surface area (Å²) in [5.74, 6) is 1.61. The van der Waals surface area contributed by atoms with Crippen LogP contribution in [0.2, 0.25) is 0 Å². The number of likely N-dealkylation sites (tertiary alicyclic amines) is 1. The predicted molar refractivity (Wildman–Crippen MR) is 96.9 cm³/mol. The SMILES string of the molecule is CCOCCC1(CNC(=NC)NC2CN(C(C)C)CC2C)CC1. The van der Waals surface area contributed by atoms with Crippen LogP contribution in [0.4, 0.5) is 0 Å². The van der Waals surface area contributed by atoms with E-state index >= 15 is 0 Å². The van der Waals surface area contributed by atoms with Gasteiger partial charge in [0.1, 0.15) is 0 Å². The molecule has 0 bridgehead atoms. The van der Waals surface area contributed by atoms with Gasteiger partial charge in [-0.25, -0.2) is 0 Å². The van der Waals surface area contributed by atoms with Gasteiger partial charge in [-0.05, 0) is 51.4 Å². The zero-order valence-electron chi connectivity index (χ0n) is 15.7. The summed E-state index contributed by atoms with van der Waals surface area (Å²) in [6, 6.07) is 1.11. The molecule has 0 aromatic rings. The summed E-state index contributed by atoms with van der Waals surface area (Å²) in [4.78, 5) is 6.97. The van der Waals surface area contributed by atoms with Crippen molar-refractivity contribution in [1.29, 1.82) is 0 Å². The minimum absolute atomic E-state index is 0.443. The summed E-state index contributed by atoms with van der Waals surface area (Å²) in [5, 5.41) is 7.19. The molecule has 2 atom stereocenters. The number of hydrogen-bond donors (Lipinski definition) is 2. The van der Waals surface area contributed by atoms with E-state index in [1.807, 2.05) is 7.05 Å². The van der Waals surface area contributed by atoms with Crippen molar-refractivity contribution in [3.05, 3.63) is 0 Å². The number of aliphatic imine (C=N–C) groups is 1. The van der Waals surface area contributed by atoms with E-state index in [2.05, 4.69) is 48.2 Å². The Morgan fingerprint density at radius 3 is 2.61 bits per heavy atom. The summed E-state index contributed by atoms with van der Waals surface area (Å²) in [5.41, 5.74) is 0.443. The molecule has 2 unspecified atom stereocenters. The molecule has 1 heterocycles. The molecule has 2 fully saturated rings. The summed E-state index contributed by atoms with van der Waals surface area (Å²) in [6.07, 6.45) is 3.78. The highest BCUT2D eigenvalue weighted by atomic mass is 16.5. The predicted octanol–water partition coefficient (Wildman–Crippen LogP) is 2.09. The van der Waals surface area contributed by atoms with Crippen LogP contribution in [0, 0.1) is 11.3 Å². The molecule has 0 amide bonds. The Morgan fingerprint density at radius 2 is 2.09 bits per heavy atom. The fourth-order valence-electron chi connectivity index (χ4n) is 3.38. The topological polar surface area (TPSA) is 48.9 Å². The van der Waals surface area contributed by atoms with E-state index in [4.69, 9.17) is 4.74 Å². The molecule has 1 aliphatic carbocycles. The van der Waals surface area contributed by atoms with E-state index in [1.54, 1.807) is 0 Å². The second kappa shape index (κ2) is 8.34. The second-order valence-electron chi connectivity index (χ2n) is 7.65. The lowest BCUT2D eigenvalue weighted by Crippen LogP contribution is -2.48. The van der Waals surface area contributed by atoms with Gasteiger partial charge in [0.25, 0.3) is 0 Å². The van der Waals surface area contributed by atoms with Gasteiger partial charge in [-0.15, -0.1) is 0 Å². The van der Waals surface area contributed by atoms with Crippen molar-refractivity contribution in [1.82, 2.24) is 15.5 Å². The molecule has 0 aromatic heterocycles. The van der Waals surface area contributed by atoms with Gasteiger partial charge in [0, 0.05) is 52.0 Å². The van der Waals surface area contributed by atoms with Crippen LogP contribution < -0.4 is 10.6 Å². The molecule has 2 aliphatic rings. The van der Waals surface area contributed by atoms with Crippen molar-refractivity contribution in [2.45, 2.75) is 59.0 Å². The van der Waals surface area contributed by atoms with Crippen LogP contribution in [0.15, 0.2) is 4.99 Å². The molecular weight excluding hydrogens is 288 g/mol. The monoisotopic (exact) mass is 324 g/mol. The fourth-order valence-corrected chi connectivity index (χ4v) is 3.38. The molecule has 1 saturated heterocycles. The van der Waals surface area contributed by atoms with Crippen LogP contribution in [0.5, 0.6) is 0 Å². The number of nitrogens with zero attached hydrogens (tertiary/aromatic N) is 2. The van der Waals surface area contributed by atoms with Crippen LogP contribution in [0.3, 0.4) is 0 Å². The Morgan fingerprint density at radius 1 is 1.35 bits per heavy atom. The van der Waals surface area contributed by atoms with Gasteiger partial charge >= 0.3 is 0 Å². The number of nitrogens with one attached hydrogen (secondary N) is 2. The summed E-state index contributed by atoms with van der Waals surface area (Å²) in [7, 11) is 1.87. The Bertz CT molecular complexity index is 392. The smallest absolute Gasteiger partial charge is 0.191 e. The molecule has 0 spiro atoms. The zero-order chi connectivity index (χ0) is 16.9. The number of ether oxygens (including phenoxy) is 1. The average molecular weight is 325 g/mol. The first kappa shape index (κ1) is 18.5. The van der Waals surface area contributed by atoms with Crippen molar-refractivity contribution < 1.29 is 4.74 Å². The Kier molecular flexibility index (Phi) is 6.72. The van der Waals surface area contributed by atoms with Gasteiger partial charge in [-0.1, -0.05) is 6.92 Å². The third-order valence-corrected chi connectivity index (χ3v) is 5.49. The lowest BCUT2D eigenvalue weighted by atomic mass is 10.0. The normalized spacial score (nSPS) is 27.5. The highest BCUT2D eigenvalue weighted by Gasteiger charge is 2.42. The molecule has 0 aromatic carbocycles. The van der Waals surface area contributed by atoms with E-state index in [9.17, 15) is 0 Å². The van der Waals surface area contributed by atoms with Crippen LogP contribution in [0.1, 0.15) is 47.0 Å². The highest BCUT2D eigenvalue weighted by Crippen LogP contribution is 2.48. The van der Waals surface area contributed by atoms with Crippen LogP contribution >= 0.6 is 0 Å². The largest absolute Gasteiger partial charge is 0.382 e. The molecule has 23 heavy (non-hydrogen) atoms. The van der Waals surface area contributed by atoms with Gasteiger partial charge in [-0.3, -0.25) is 9.89 Å². The van der Waals surface area contributed by atoms with E-state index < -0.39 is 0 Å². The van der Waals surface area contributed by atoms with Crippen molar-refractivity contribution >= 4 is 5.96 Å². The number of rotatable bonds is 8. The molecular formula is C18H36N4O. The molecule has 2 N–H and O–H groups in total. The molecule has 134 valence electrons. The molecule has 1 saturated carbocycles. The Labute approximate surface area is 142 Å². The first-order chi connectivity index (χ1) is 11.0.